The van der Waals surface area contributed by atoms with Gasteiger partial charge in [-0.15, -0.1) is 0 Å². The van der Waals surface area contributed by atoms with Gasteiger partial charge in [-0.25, -0.2) is 9.36 Å². The van der Waals surface area contributed by atoms with Crippen LogP contribution >= 0.6 is 11.6 Å². The summed E-state index contributed by atoms with van der Waals surface area (Å²) in [5.74, 6) is 0.565. The highest BCUT2D eigenvalue weighted by Crippen LogP contribution is 2.28. The van der Waals surface area contributed by atoms with Crippen molar-refractivity contribution in [2.75, 3.05) is 14.2 Å². The van der Waals surface area contributed by atoms with Crippen molar-refractivity contribution < 1.29 is 14.3 Å². The second-order valence-electron chi connectivity index (χ2n) is 7.00. The lowest BCUT2D eigenvalue weighted by atomic mass is 10.1. The Hall–Kier alpha value is -3.84. The summed E-state index contributed by atoms with van der Waals surface area (Å²) in [6, 6.07) is 17.9. The third-order valence-electron chi connectivity index (χ3n) is 5.12. The molecule has 0 aliphatic rings. The van der Waals surface area contributed by atoms with E-state index in [1.165, 1.54) is 24.9 Å². The van der Waals surface area contributed by atoms with Crippen LogP contribution in [0.4, 0.5) is 0 Å². The highest BCUT2D eigenvalue weighted by atomic mass is 35.5. The predicted octanol–water partition coefficient (Wildman–Crippen LogP) is 3.71. The molecular weight excluding hydrogens is 432 g/mol. The second-order valence-corrected chi connectivity index (χ2v) is 7.44. The first-order valence-electron chi connectivity index (χ1n) is 9.70. The molecule has 4 rings (SSSR count). The van der Waals surface area contributed by atoms with Crippen LogP contribution in [0.25, 0.3) is 16.6 Å². The number of rotatable bonds is 6. The van der Waals surface area contributed by atoms with Crippen LogP contribution in [0.5, 0.6) is 11.5 Å². The number of hydrogen-bond donors (Lipinski definition) is 0. The lowest BCUT2D eigenvalue weighted by molar-refractivity contribution is 0.0971. The molecule has 3 aromatic carbocycles. The number of para-hydroxylation sites is 1. The molecule has 162 valence electrons. The van der Waals surface area contributed by atoms with Gasteiger partial charge in [0.2, 0.25) is 0 Å². The van der Waals surface area contributed by atoms with Crippen molar-refractivity contribution in [1.29, 1.82) is 0 Å². The van der Waals surface area contributed by atoms with E-state index in [0.717, 1.165) is 4.57 Å². The van der Waals surface area contributed by atoms with E-state index in [1.54, 1.807) is 60.7 Å². The molecule has 1 aromatic heterocycles. The van der Waals surface area contributed by atoms with Crippen molar-refractivity contribution in [2.45, 2.75) is 6.54 Å². The topological polar surface area (TPSA) is 79.5 Å². The minimum atomic E-state index is -0.634. The Morgan fingerprint density at radius 1 is 0.906 bits per heavy atom. The van der Waals surface area contributed by atoms with E-state index in [1.807, 2.05) is 0 Å². The molecule has 0 radical (unpaired) electrons. The molecule has 0 aliphatic carbocycles. The van der Waals surface area contributed by atoms with Crippen LogP contribution < -0.4 is 20.7 Å². The van der Waals surface area contributed by atoms with Crippen molar-refractivity contribution in [3.63, 3.8) is 0 Å². The van der Waals surface area contributed by atoms with Crippen molar-refractivity contribution in [3.05, 3.63) is 98.2 Å². The number of Topliss-reactive ketones (excluding diaryl/α,β-unsaturated/α-hetero) is 1. The van der Waals surface area contributed by atoms with Gasteiger partial charge >= 0.3 is 5.69 Å². The Bertz CT molecular complexity index is 1460. The number of benzene rings is 3. The monoisotopic (exact) mass is 450 g/mol. The molecule has 32 heavy (non-hydrogen) atoms. The maximum absolute atomic E-state index is 13.4. The summed E-state index contributed by atoms with van der Waals surface area (Å²) in [6.07, 6.45) is 0. The molecule has 0 unspecified atom stereocenters. The number of halogens is 1. The summed E-state index contributed by atoms with van der Waals surface area (Å²) >= 11 is 6.07. The van der Waals surface area contributed by atoms with Gasteiger partial charge in [0.25, 0.3) is 5.56 Å². The molecule has 0 amide bonds. The normalized spacial score (nSPS) is 10.8. The van der Waals surface area contributed by atoms with Gasteiger partial charge in [-0.3, -0.25) is 14.2 Å². The molecule has 0 saturated heterocycles. The highest BCUT2D eigenvalue weighted by molar-refractivity contribution is 6.30. The summed E-state index contributed by atoms with van der Waals surface area (Å²) < 4.78 is 12.8. The number of ketones is 1. The molecule has 7 nitrogen and oxygen atoms in total. The average Bonchev–Trinajstić information content (AvgIpc) is 2.81. The van der Waals surface area contributed by atoms with Crippen LogP contribution in [0.1, 0.15) is 10.4 Å². The van der Waals surface area contributed by atoms with E-state index in [-0.39, 0.29) is 12.3 Å². The largest absolute Gasteiger partial charge is 0.493 e. The first kappa shape index (κ1) is 21.4. The summed E-state index contributed by atoms with van der Waals surface area (Å²) in [5.41, 5.74) is -0.0771. The van der Waals surface area contributed by atoms with E-state index >= 15 is 0 Å². The van der Waals surface area contributed by atoms with Crippen LogP contribution in [0.3, 0.4) is 0 Å². The number of carbonyl (C=O) groups is 1. The van der Waals surface area contributed by atoms with E-state index in [0.29, 0.717) is 38.7 Å². The molecule has 8 heteroatoms. The van der Waals surface area contributed by atoms with Gasteiger partial charge in [-0.2, -0.15) is 0 Å². The molecule has 4 aromatic rings. The number of nitrogens with zero attached hydrogens (tertiary/aromatic N) is 2. The third kappa shape index (κ3) is 3.78. The highest BCUT2D eigenvalue weighted by Gasteiger charge is 2.18. The molecule has 0 spiro atoms. The lowest BCUT2D eigenvalue weighted by Gasteiger charge is -2.14. The van der Waals surface area contributed by atoms with E-state index < -0.39 is 11.2 Å². The van der Waals surface area contributed by atoms with Gasteiger partial charge in [0.15, 0.2) is 17.3 Å². The van der Waals surface area contributed by atoms with Gasteiger partial charge in [0, 0.05) is 10.6 Å². The standard InChI is InChI=1S/C24H19ClN2O5/c1-31-21-11-10-15(12-22(21)32-2)20(28)14-26-19-9-4-3-8-18(19)23(29)27(24(26)30)17-7-5-6-16(25)13-17/h3-13H,14H2,1-2H3. The van der Waals surface area contributed by atoms with Crippen molar-refractivity contribution in [3.8, 4) is 17.2 Å². The van der Waals surface area contributed by atoms with Crippen LogP contribution in [0.15, 0.2) is 76.3 Å². The average molecular weight is 451 g/mol. The number of ether oxygens (including phenoxy) is 2. The summed E-state index contributed by atoms with van der Waals surface area (Å²) in [6.45, 7) is -0.268. The molecule has 1 heterocycles. The van der Waals surface area contributed by atoms with Crippen molar-refractivity contribution >= 4 is 28.3 Å². The van der Waals surface area contributed by atoms with Crippen molar-refractivity contribution in [1.82, 2.24) is 9.13 Å². The van der Waals surface area contributed by atoms with E-state index in [4.69, 9.17) is 21.1 Å². The molecule has 0 bridgehead atoms. The summed E-state index contributed by atoms with van der Waals surface area (Å²) in [7, 11) is 2.98. The molecule has 0 fully saturated rings. The van der Waals surface area contributed by atoms with Gasteiger partial charge < -0.3 is 9.47 Å². The zero-order valence-corrected chi connectivity index (χ0v) is 18.1. The zero-order chi connectivity index (χ0) is 22.8. The Labute approximate surface area is 188 Å². The molecule has 0 saturated carbocycles. The molecule has 0 N–H and O–H groups in total. The Kier molecular flexibility index (Phi) is 5.83. The van der Waals surface area contributed by atoms with Crippen LogP contribution in [-0.4, -0.2) is 29.1 Å². The van der Waals surface area contributed by atoms with Crippen LogP contribution in [0, 0.1) is 0 Å². The maximum Gasteiger partial charge on any atom is 0.336 e. The fourth-order valence-electron chi connectivity index (χ4n) is 3.56. The Balaban J connectivity index is 1.88. The number of aromatic nitrogens is 2. The fraction of sp³-hybridized carbons (Fsp3) is 0.125. The molecule has 0 atom stereocenters. The second kappa shape index (κ2) is 8.72. The smallest absolute Gasteiger partial charge is 0.336 e. The van der Waals surface area contributed by atoms with Crippen molar-refractivity contribution in [2.24, 2.45) is 0 Å². The van der Waals surface area contributed by atoms with Crippen LogP contribution in [-0.2, 0) is 6.54 Å². The van der Waals surface area contributed by atoms with Gasteiger partial charge in [0.05, 0.1) is 37.4 Å². The summed E-state index contributed by atoms with van der Waals surface area (Å²) in [4.78, 5) is 39.6. The van der Waals surface area contributed by atoms with E-state index in [2.05, 4.69) is 0 Å². The third-order valence-corrected chi connectivity index (χ3v) is 5.36. The lowest BCUT2D eigenvalue weighted by Crippen LogP contribution is -2.40. The minimum absolute atomic E-state index is 0.268. The quantitative estimate of drug-likeness (QED) is 0.418. The number of hydrogen-bond acceptors (Lipinski definition) is 5. The Morgan fingerprint density at radius 2 is 1.66 bits per heavy atom. The zero-order valence-electron chi connectivity index (χ0n) is 17.4. The maximum atomic E-state index is 13.4. The predicted molar refractivity (Wildman–Crippen MR) is 123 cm³/mol. The first-order chi connectivity index (χ1) is 15.4. The summed E-state index contributed by atoms with van der Waals surface area (Å²) in [5, 5.41) is 0.696. The van der Waals surface area contributed by atoms with Gasteiger partial charge in [0.1, 0.15) is 0 Å². The number of carbonyl (C=O) groups excluding carboxylic acids is 1. The first-order valence-corrected chi connectivity index (χ1v) is 10.1. The number of methoxy groups -OCH3 is 2. The Morgan fingerprint density at radius 3 is 2.38 bits per heavy atom. The van der Waals surface area contributed by atoms with Crippen LogP contribution in [0.2, 0.25) is 5.02 Å². The molecule has 0 aliphatic heterocycles. The fourth-order valence-corrected chi connectivity index (χ4v) is 3.75. The van der Waals surface area contributed by atoms with Gasteiger partial charge in [-0.1, -0.05) is 29.8 Å². The number of fused-ring (bicyclic) bond motifs is 1. The van der Waals surface area contributed by atoms with Gasteiger partial charge in [-0.05, 0) is 48.5 Å². The van der Waals surface area contributed by atoms with E-state index in [9.17, 15) is 14.4 Å². The molecular formula is C24H19ClN2O5. The SMILES string of the molecule is COc1ccc(C(=O)Cn2c(=O)n(-c3cccc(Cl)c3)c(=O)c3ccccc32)cc1OC. The minimum Gasteiger partial charge on any atom is -0.493 e.